The first-order valence-electron chi connectivity index (χ1n) is 3.87. The molecule has 13 heavy (non-hydrogen) atoms. The molecular formula is C8H14NO3S. The van der Waals surface area contributed by atoms with E-state index in [-0.39, 0.29) is 5.75 Å². The molecule has 0 aliphatic rings. The number of rotatable bonds is 3. The zero-order valence-electron chi connectivity index (χ0n) is 7.96. The van der Waals surface area contributed by atoms with Gasteiger partial charge in [-0.05, 0) is 20.8 Å². The third-order valence-electron chi connectivity index (χ3n) is 1.02. The smallest absolute Gasteiger partial charge is 0.408 e. The summed E-state index contributed by atoms with van der Waals surface area (Å²) < 4.78 is 4.91. The van der Waals surface area contributed by atoms with Crippen molar-refractivity contribution in [2.75, 3.05) is 5.75 Å². The van der Waals surface area contributed by atoms with Crippen LogP contribution in [0.5, 0.6) is 0 Å². The van der Waals surface area contributed by atoms with E-state index >= 15 is 0 Å². The summed E-state index contributed by atoms with van der Waals surface area (Å²) in [5.41, 5.74) is -0.561. The molecule has 0 aromatic rings. The maximum atomic E-state index is 11.0. The topological polar surface area (TPSA) is 55.4 Å². The molecule has 0 heterocycles. The van der Waals surface area contributed by atoms with Crippen LogP contribution in [-0.4, -0.2) is 29.8 Å². The van der Waals surface area contributed by atoms with Gasteiger partial charge in [0.25, 0.3) is 0 Å². The van der Waals surface area contributed by atoms with Gasteiger partial charge in [0.05, 0.1) is 0 Å². The Morgan fingerprint density at radius 2 is 2.15 bits per heavy atom. The third kappa shape index (κ3) is 6.45. The van der Waals surface area contributed by atoms with Crippen LogP contribution in [0.2, 0.25) is 0 Å². The molecule has 0 saturated heterocycles. The largest absolute Gasteiger partial charge is 0.444 e. The lowest BCUT2D eigenvalue weighted by atomic mass is 10.2. The van der Waals surface area contributed by atoms with Crippen molar-refractivity contribution in [3.05, 3.63) is 0 Å². The van der Waals surface area contributed by atoms with Crippen molar-refractivity contribution in [3.8, 4) is 0 Å². The molecule has 0 spiro atoms. The molecule has 0 saturated carbocycles. The molecule has 0 aromatic heterocycles. The molecule has 5 heteroatoms. The van der Waals surface area contributed by atoms with Crippen molar-refractivity contribution in [1.29, 1.82) is 0 Å². The number of ether oxygens (including phenoxy) is 1. The minimum absolute atomic E-state index is 0.211. The summed E-state index contributed by atoms with van der Waals surface area (Å²) in [7, 11) is 0. The van der Waals surface area contributed by atoms with E-state index in [0.29, 0.717) is 0 Å². The summed E-state index contributed by atoms with van der Waals surface area (Å²) in [5, 5.41) is 2.31. The van der Waals surface area contributed by atoms with Crippen molar-refractivity contribution < 1.29 is 14.3 Å². The first-order valence-corrected chi connectivity index (χ1v) is 4.50. The van der Waals surface area contributed by atoms with Crippen LogP contribution >= 0.6 is 12.6 Å². The zero-order valence-corrected chi connectivity index (χ0v) is 8.85. The fourth-order valence-corrected chi connectivity index (χ4v) is 0.728. The van der Waals surface area contributed by atoms with E-state index in [9.17, 15) is 9.59 Å². The van der Waals surface area contributed by atoms with E-state index in [2.05, 4.69) is 17.9 Å². The molecule has 75 valence electrons. The fourth-order valence-electron chi connectivity index (χ4n) is 0.562. The van der Waals surface area contributed by atoms with Gasteiger partial charge in [-0.3, -0.25) is 4.79 Å². The van der Waals surface area contributed by atoms with Gasteiger partial charge in [0, 0.05) is 5.75 Å². The van der Waals surface area contributed by atoms with Gasteiger partial charge < -0.3 is 10.1 Å². The fraction of sp³-hybridized carbons (Fsp3) is 0.750. The van der Waals surface area contributed by atoms with Crippen LogP contribution in [0.15, 0.2) is 0 Å². The quantitative estimate of drug-likeness (QED) is 0.672. The number of carbonyl (C=O) groups is 1. The molecule has 1 radical (unpaired) electrons. The van der Waals surface area contributed by atoms with Gasteiger partial charge in [0.15, 0.2) is 0 Å². The maximum Gasteiger partial charge on any atom is 0.408 e. The van der Waals surface area contributed by atoms with Crippen molar-refractivity contribution in [1.82, 2.24) is 5.32 Å². The Morgan fingerprint density at radius 3 is 2.46 bits per heavy atom. The first kappa shape index (κ1) is 12.3. The highest BCUT2D eigenvalue weighted by Gasteiger charge is 2.18. The van der Waals surface area contributed by atoms with E-state index in [0.717, 1.165) is 0 Å². The van der Waals surface area contributed by atoms with Crippen LogP contribution in [0.25, 0.3) is 0 Å². The molecular weight excluding hydrogens is 190 g/mol. The van der Waals surface area contributed by atoms with E-state index in [1.54, 1.807) is 27.1 Å². The van der Waals surface area contributed by atoms with Crippen molar-refractivity contribution >= 4 is 25.0 Å². The second-order valence-corrected chi connectivity index (χ2v) is 3.86. The third-order valence-corrected chi connectivity index (χ3v) is 1.38. The molecule has 0 aliphatic carbocycles. The summed E-state index contributed by atoms with van der Waals surface area (Å²) in [5.74, 6) is 0.211. The Bertz CT molecular complexity index is 188. The van der Waals surface area contributed by atoms with Gasteiger partial charge in [0.2, 0.25) is 6.29 Å². The molecule has 1 unspecified atom stereocenters. The molecule has 0 fully saturated rings. The van der Waals surface area contributed by atoms with Crippen LogP contribution in [0.3, 0.4) is 0 Å². The highest BCUT2D eigenvalue weighted by molar-refractivity contribution is 7.80. The highest BCUT2D eigenvalue weighted by atomic mass is 32.1. The molecule has 4 nitrogen and oxygen atoms in total. The lowest BCUT2D eigenvalue weighted by Gasteiger charge is -2.20. The SMILES string of the molecule is CC(C)(C)OC(=O)NC([C]=O)CS. The van der Waals surface area contributed by atoms with Crippen molar-refractivity contribution in [3.63, 3.8) is 0 Å². The molecule has 0 bridgehead atoms. The number of hydrogen-bond donors (Lipinski definition) is 2. The Hall–Kier alpha value is -0.710. The molecule has 0 aliphatic heterocycles. The zero-order chi connectivity index (χ0) is 10.5. The van der Waals surface area contributed by atoms with Gasteiger partial charge in [-0.25, -0.2) is 4.79 Å². The van der Waals surface area contributed by atoms with Crippen molar-refractivity contribution in [2.45, 2.75) is 32.4 Å². The summed E-state index contributed by atoms with van der Waals surface area (Å²) in [4.78, 5) is 21.2. The predicted molar refractivity (Wildman–Crippen MR) is 52.7 cm³/mol. The van der Waals surface area contributed by atoms with Crippen LogP contribution in [0.4, 0.5) is 4.79 Å². The van der Waals surface area contributed by atoms with Gasteiger partial charge in [0.1, 0.15) is 11.6 Å². The molecule has 0 aromatic carbocycles. The second-order valence-electron chi connectivity index (χ2n) is 3.50. The summed E-state index contributed by atoms with van der Waals surface area (Å²) in [6.45, 7) is 5.23. The monoisotopic (exact) mass is 204 g/mol. The standard InChI is InChI=1S/C8H14NO3S/c1-8(2,3)12-7(11)9-6(4-10)5-13/h6,13H,5H2,1-3H3,(H,9,11). The second kappa shape index (κ2) is 5.11. The lowest BCUT2D eigenvalue weighted by molar-refractivity contribution is 0.0521. The minimum Gasteiger partial charge on any atom is -0.444 e. The van der Waals surface area contributed by atoms with Gasteiger partial charge in [-0.2, -0.15) is 12.6 Å². The number of hydrogen-bond acceptors (Lipinski definition) is 4. The average Bonchev–Trinajstić information content (AvgIpc) is 1.96. The van der Waals surface area contributed by atoms with E-state index in [1.165, 1.54) is 0 Å². The Morgan fingerprint density at radius 1 is 1.62 bits per heavy atom. The Kier molecular flexibility index (Phi) is 4.83. The number of thiol groups is 1. The van der Waals surface area contributed by atoms with E-state index in [1.807, 2.05) is 0 Å². The van der Waals surface area contributed by atoms with Gasteiger partial charge in [-0.1, -0.05) is 0 Å². The van der Waals surface area contributed by atoms with Crippen molar-refractivity contribution in [2.24, 2.45) is 0 Å². The van der Waals surface area contributed by atoms with E-state index in [4.69, 9.17) is 4.74 Å². The summed E-state index contributed by atoms with van der Waals surface area (Å²) >= 11 is 3.85. The van der Waals surface area contributed by atoms with Gasteiger partial charge >= 0.3 is 6.09 Å². The molecule has 1 amide bonds. The lowest BCUT2D eigenvalue weighted by Crippen LogP contribution is -2.40. The van der Waals surface area contributed by atoms with E-state index < -0.39 is 17.7 Å². The average molecular weight is 204 g/mol. The number of alkyl carbamates (subject to hydrolysis) is 1. The normalized spacial score (nSPS) is 13.2. The molecule has 1 atom stereocenters. The first-order chi connectivity index (χ1) is 5.89. The maximum absolute atomic E-state index is 11.0. The number of amides is 1. The van der Waals surface area contributed by atoms with Crippen LogP contribution in [0.1, 0.15) is 20.8 Å². The minimum atomic E-state index is -0.710. The van der Waals surface area contributed by atoms with Crippen LogP contribution in [0, 0.1) is 0 Å². The van der Waals surface area contributed by atoms with Crippen LogP contribution in [-0.2, 0) is 9.53 Å². The predicted octanol–water partition coefficient (Wildman–Crippen LogP) is 0.919. The number of carbonyl (C=O) groups excluding carboxylic acids is 2. The summed E-state index contributed by atoms with van der Waals surface area (Å²) in [6.07, 6.45) is 1.00. The molecule has 0 rings (SSSR count). The van der Waals surface area contributed by atoms with Crippen LogP contribution < -0.4 is 5.32 Å². The number of nitrogens with one attached hydrogen (secondary N) is 1. The highest BCUT2D eigenvalue weighted by Crippen LogP contribution is 2.06. The van der Waals surface area contributed by atoms with Gasteiger partial charge in [-0.15, -0.1) is 0 Å². The Balaban J connectivity index is 3.93. The molecule has 1 N–H and O–H groups in total. The Labute approximate surface area is 83.4 Å². The summed E-state index contributed by atoms with van der Waals surface area (Å²) in [6, 6.07) is -0.710.